The minimum atomic E-state index is -4.97. The average molecular weight is 632 g/mol. The smallest absolute Gasteiger partial charge is 0.416 e. The molecule has 0 unspecified atom stereocenters. The van der Waals surface area contributed by atoms with Gasteiger partial charge in [0, 0.05) is 37.8 Å². The van der Waals surface area contributed by atoms with Gasteiger partial charge in [-0.25, -0.2) is 14.8 Å². The lowest BCUT2D eigenvalue weighted by Crippen LogP contribution is -2.57. The number of morpholine rings is 1. The van der Waals surface area contributed by atoms with Crippen molar-refractivity contribution < 1.29 is 40.6 Å². The van der Waals surface area contributed by atoms with Gasteiger partial charge in [0.05, 0.1) is 48.5 Å². The number of carbonyl (C=O) groups is 1. The molecule has 3 heterocycles. The molecule has 0 N–H and O–H groups in total. The van der Waals surface area contributed by atoms with E-state index in [1.165, 1.54) is 0 Å². The number of anilines is 2. The molecule has 2 aromatic rings. The number of amides is 1. The Bertz CT molecular complexity index is 1200. The van der Waals surface area contributed by atoms with Crippen LogP contribution in [0.5, 0.6) is 0 Å². The van der Waals surface area contributed by atoms with Crippen LogP contribution in [-0.2, 0) is 28.4 Å². The van der Waals surface area contributed by atoms with Gasteiger partial charge in [0.1, 0.15) is 0 Å². The maximum absolute atomic E-state index is 13.7. The van der Waals surface area contributed by atoms with Gasteiger partial charge in [0.15, 0.2) is 0 Å². The van der Waals surface area contributed by atoms with Crippen LogP contribution in [0.1, 0.15) is 70.1 Å². The van der Waals surface area contributed by atoms with Crippen LogP contribution < -0.4 is 9.80 Å². The normalized spacial score (nSPS) is 21.5. The Morgan fingerprint density at radius 2 is 1.48 bits per heavy atom. The maximum atomic E-state index is 13.7. The van der Waals surface area contributed by atoms with E-state index in [9.17, 15) is 31.1 Å². The van der Waals surface area contributed by atoms with Crippen LogP contribution in [0.2, 0.25) is 0 Å². The van der Waals surface area contributed by atoms with E-state index in [0.29, 0.717) is 52.0 Å². The summed E-state index contributed by atoms with van der Waals surface area (Å²) < 4.78 is 93.2. The molecule has 2 saturated heterocycles. The number of ether oxygens (including phenoxy) is 2. The zero-order chi connectivity index (χ0) is 32.2. The van der Waals surface area contributed by atoms with E-state index in [2.05, 4.69) is 9.97 Å². The summed E-state index contributed by atoms with van der Waals surface area (Å²) in [4.78, 5) is 27.6. The van der Waals surface area contributed by atoms with Crippen molar-refractivity contribution in [1.29, 1.82) is 0 Å². The summed E-state index contributed by atoms with van der Waals surface area (Å²) in [5.41, 5.74) is -2.19. The molecule has 1 amide bonds. The number of hydrogen-bond donors (Lipinski definition) is 0. The monoisotopic (exact) mass is 631 g/mol. The first kappa shape index (κ1) is 33.6. The van der Waals surface area contributed by atoms with Gasteiger partial charge in [-0.3, -0.25) is 0 Å². The second-order valence-electron chi connectivity index (χ2n) is 11.5. The summed E-state index contributed by atoms with van der Waals surface area (Å²) in [6, 6.07) is 0.689. The van der Waals surface area contributed by atoms with Crippen LogP contribution in [0, 0.1) is 0 Å². The molecule has 0 radical (unpaired) electrons. The third kappa shape index (κ3) is 8.05. The molecule has 14 heteroatoms. The highest BCUT2D eigenvalue weighted by Crippen LogP contribution is 2.38. The molecule has 2 aliphatic heterocycles. The second kappa shape index (κ2) is 13.8. The third-order valence-corrected chi connectivity index (χ3v) is 8.06. The van der Waals surface area contributed by atoms with Crippen molar-refractivity contribution in [3.8, 4) is 0 Å². The molecule has 0 aliphatic carbocycles. The fourth-order valence-corrected chi connectivity index (χ4v) is 5.91. The van der Waals surface area contributed by atoms with Gasteiger partial charge < -0.3 is 24.2 Å². The number of hydrogen-bond acceptors (Lipinski definition) is 7. The first-order valence-electron chi connectivity index (χ1n) is 14.9. The number of likely N-dealkylation sites (tertiary alicyclic amines) is 1. The maximum Gasteiger partial charge on any atom is 0.416 e. The van der Waals surface area contributed by atoms with Crippen LogP contribution in [0.25, 0.3) is 0 Å². The summed E-state index contributed by atoms with van der Waals surface area (Å²) in [5, 5.41) is 0. The third-order valence-electron chi connectivity index (χ3n) is 8.06. The molecule has 4 rings (SSSR count). The standard InChI is InChI=1S/C30H39F6N5O3/c1-5-23-14-25(15-24(6-2)41(23)28(42)44-19(3)4)40(27-37-16-26(17-38-27)39-7-9-43-10-8-39)18-20-11-21(29(31,32)33)13-22(12-20)30(34,35)36/h11-13,16-17,19,23-25H,5-10,14-15,18H2,1-4H3/t23-,24+,25+. The Morgan fingerprint density at radius 1 is 0.955 bits per heavy atom. The zero-order valence-electron chi connectivity index (χ0n) is 25.3. The Hall–Kier alpha value is -3.29. The van der Waals surface area contributed by atoms with E-state index in [0.717, 1.165) is 17.8 Å². The second-order valence-corrected chi connectivity index (χ2v) is 11.5. The van der Waals surface area contributed by atoms with E-state index in [4.69, 9.17) is 9.47 Å². The predicted molar refractivity (Wildman–Crippen MR) is 152 cm³/mol. The quantitative estimate of drug-likeness (QED) is 0.293. The Morgan fingerprint density at radius 3 is 1.93 bits per heavy atom. The summed E-state index contributed by atoms with van der Waals surface area (Å²) in [5.74, 6) is 0.181. The highest BCUT2D eigenvalue weighted by atomic mass is 19.4. The number of halogens is 6. The van der Waals surface area contributed by atoms with Gasteiger partial charge in [0.2, 0.25) is 5.95 Å². The molecule has 44 heavy (non-hydrogen) atoms. The molecule has 0 saturated carbocycles. The van der Waals surface area contributed by atoms with Gasteiger partial charge in [-0.1, -0.05) is 13.8 Å². The molecule has 1 aromatic heterocycles. The lowest BCUT2D eigenvalue weighted by molar-refractivity contribution is -0.143. The molecule has 2 fully saturated rings. The van der Waals surface area contributed by atoms with E-state index in [-0.39, 0.29) is 48.4 Å². The van der Waals surface area contributed by atoms with Crippen molar-refractivity contribution in [2.24, 2.45) is 0 Å². The van der Waals surface area contributed by atoms with Crippen molar-refractivity contribution in [3.05, 3.63) is 47.3 Å². The number of rotatable bonds is 8. The number of piperidine rings is 1. The van der Waals surface area contributed by atoms with Crippen LogP contribution in [0.4, 0.5) is 42.8 Å². The summed E-state index contributed by atoms with van der Waals surface area (Å²) in [7, 11) is 0. The highest BCUT2D eigenvalue weighted by molar-refractivity contribution is 5.69. The van der Waals surface area contributed by atoms with E-state index in [1.807, 2.05) is 18.7 Å². The molecule has 8 nitrogen and oxygen atoms in total. The summed E-state index contributed by atoms with van der Waals surface area (Å²) in [6.07, 6.45) is -5.54. The number of carbonyl (C=O) groups excluding carboxylic acids is 1. The molecule has 0 bridgehead atoms. The van der Waals surface area contributed by atoms with Crippen molar-refractivity contribution in [1.82, 2.24) is 14.9 Å². The number of benzene rings is 1. The number of aromatic nitrogens is 2. The van der Waals surface area contributed by atoms with Crippen LogP contribution >= 0.6 is 0 Å². The minimum Gasteiger partial charge on any atom is -0.447 e. The lowest BCUT2D eigenvalue weighted by Gasteiger charge is -2.47. The highest BCUT2D eigenvalue weighted by Gasteiger charge is 2.42. The molecule has 0 spiro atoms. The Balaban J connectivity index is 1.74. The lowest BCUT2D eigenvalue weighted by atomic mass is 9.87. The number of alkyl halides is 6. The van der Waals surface area contributed by atoms with Gasteiger partial charge in [-0.2, -0.15) is 26.3 Å². The average Bonchev–Trinajstić information content (AvgIpc) is 2.98. The van der Waals surface area contributed by atoms with Crippen molar-refractivity contribution >= 4 is 17.7 Å². The van der Waals surface area contributed by atoms with Crippen LogP contribution in [-0.4, -0.2) is 71.5 Å². The SMILES string of the molecule is CC[C@@H]1C[C@H](N(Cc2cc(C(F)(F)F)cc(C(F)(F)F)c2)c2ncc(N3CCOCC3)cn2)C[C@H](CC)N1C(=O)OC(C)C. The van der Waals surface area contributed by atoms with E-state index in [1.54, 1.807) is 36.0 Å². The van der Waals surface area contributed by atoms with Crippen LogP contribution in [0.3, 0.4) is 0 Å². The largest absolute Gasteiger partial charge is 0.447 e. The van der Waals surface area contributed by atoms with Crippen molar-refractivity contribution in [2.45, 2.75) is 96.5 Å². The van der Waals surface area contributed by atoms with E-state index < -0.39 is 29.6 Å². The number of nitrogens with zero attached hydrogens (tertiary/aromatic N) is 5. The molecule has 1 aromatic carbocycles. The minimum absolute atomic E-state index is 0.126. The Labute approximate surface area is 253 Å². The van der Waals surface area contributed by atoms with Gasteiger partial charge in [-0.05, 0) is 63.3 Å². The Kier molecular flexibility index (Phi) is 10.5. The summed E-state index contributed by atoms with van der Waals surface area (Å²) in [6.45, 7) is 9.44. The zero-order valence-corrected chi connectivity index (χ0v) is 25.3. The summed E-state index contributed by atoms with van der Waals surface area (Å²) >= 11 is 0. The van der Waals surface area contributed by atoms with E-state index >= 15 is 0 Å². The van der Waals surface area contributed by atoms with Gasteiger partial charge in [0.25, 0.3) is 0 Å². The fourth-order valence-electron chi connectivity index (χ4n) is 5.91. The molecular weight excluding hydrogens is 592 g/mol. The molecule has 244 valence electrons. The first-order chi connectivity index (χ1) is 20.7. The van der Waals surface area contributed by atoms with Crippen molar-refractivity contribution in [3.63, 3.8) is 0 Å². The fraction of sp³-hybridized carbons (Fsp3) is 0.633. The predicted octanol–water partition coefficient (Wildman–Crippen LogP) is 6.92. The first-order valence-corrected chi connectivity index (χ1v) is 14.9. The van der Waals surface area contributed by atoms with Gasteiger partial charge in [-0.15, -0.1) is 0 Å². The molecular formula is C30H39F6N5O3. The van der Waals surface area contributed by atoms with Gasteiger partial charge >= 0.3 is 18.4 Å². The molecule has 2 aliphatic rings. The topological polar surface area (TPSA) is 71.0 Å². The van der Waals surface area contributed by atoms with Crippen molar-refractivity contribution in [2.75, 3.05) is 36.1 Å². The molecule has 3 atom stereocenters. The van der Waals surface area contributed by atoms with Crippen LogP contribution in [0.15, 0.2) is 30.6 Å².